The van der Waals surface area contributed by atoms with E-state index in [1.54, 1.807) is 36.7 Å². The number of pyridine rings is 1. The van der Waals surface area contributed by atoms with E-state index in [1.165, 1.54) is 0 Å². The Morgan fingerprint density at radius 2 is 0.962 bits per heavy atom. The topological polar surface area (TPSA) is 33.1 Å². The highest BCUT2D eigenvalue weighted by Gasteiger charge is 2.18. The van der Waals surface area contributed by atoms with Gasteiger partial charge >= 0.3 is 0 Å². The van der Waals surface area contributed by atoms with Crippen molar-refractivity contribution >= 4 is 69.6 Å². The van der Waals surface area contributed by atoms with Crippen molar-refractivity contribution < 1.29 is 5.11 Å². The van der Waals surface area contributed by atoms with Crippen LogP contribution < -0.4 is 0 Å². The molecule has 3 rings (SSSR count). The van der Waals surface area contributed by atoms with E-state index in [0.29, 0.717) is 58.0 Å². The van der Waals surface area contributed by atoms with Gasteiger partial charge in [0.25, 0.3) is 0 Å². The van der Waals surface area contributed by atoms with Gasteiger partial charge in [-0.05, 0) is 29.8 Å². The van der Waals surface area contributed by atoms with Crippen molar-refractivity contribution in [2.24, 2.45) is 0 Å². The van der Waals surface area contributed by atoms with Gasteiger partial charge in [-0.15, -0.1) is 0 Å². The highest BCUT2D eigenvalue weighted by molar-refractivity contribution is 6.44. The summed E-state index contributed by atoms with van der Waals surface area (Å²) in [5.74, 6) is 0. The Hall–Kier alpha value is -0.710. The molecule has 0 amide bonds. The van der Waals surface area contributed by atoms with Crippen molar-refractivity contribution in [2.45, 2.75) is 6.61 Å². The minimum atomic E-state index is -0.277. The number of aromatic nitrogens is 1. The summed E-state index contributed by atoms with van der Waals surface area (Å²) < 4.78 is 0. The van der Waals surface area contributed by atoms with Crippen molar-refractivity contribution in [3.05, 3.63) is 72.4 Å². The van der Waals surface area contributed by atoms with E-state index in [1.807, 2.05) is 0 Å². The van der Waals surface area contributed by atoms with Gasteiger partial charge in [0.15, 0.2) is 0 Å². The van der Waals surface area contributed by atoms with Gasteiger partial charge in [0.05, 0.1) is 36.7 Å². The van der Waals surface area contributed by atoms with E-state index >= 15 is 0 Å². The van der Waals surface area contributed by atoms with Gasteiger partial charge in [0.1, 0.15) is 0 Å². The smallest absolute Gasteiger partial charge is 0.0695 e. The van der Waals surface area contributed by atoms with Gasteiger partial charge in [-0.2, -0.15) is 0 Å². The highest BCUT2D eigenvalue weighted by Crippen LogP contribution is 2.41. The standard InChI is InChI=1S/C18H9Cl6NO/c19-13-3-17(23)15(21)1-8(13)10-5-25-6-11(12(10)7-26)9-2-16(22)18(24)4-14(9)20/h1-6,26H,7H2. The Labute approximate surface area is 180 Å². The molecule has 2 aromatic carbocycles. The Morgan fingerprint density at radius 1 is 0.577 bits per heavy atom. The van der Waals surface area contributed by atoms with Crippen LogP contribution >= 0.6 is 69.6 Å². The predicted octanol–water partition coefficient (Wildman–Crippen LogP) is 7.83. The van der Waals surface area contributed by atoms with E-state index in [2.05, 4.69) is 4.98 Å². The lowest BCUT2D eigenvalue weighted by molar-refractivity contribution is 0.283. The molecule has 0 atom stereocenters. The lowest BCUT2D eigenvalue weighted by atomic mass is 9.94. The van der Waals surface area contributed by atoms with Crippen LogP contribution in [0.5, 0.6) is 0 Å². The van der Waals surface area contributed by atoms with Crippen LogP contribution in [0.2, 0.25) is 30.1 Å². The molecule has 1 heterocycles. The fourth-order valence-corrected chi connectivity index (χ4v) is 3.88. The first-order valence-electron chi connectivity index (χ1n) is 7.21. The second kappa shape index (κ2) is 8.12. The Bertz CT molecular complexity index is 930. The third kappa shape index (κ3) is 3.79. The van der Waals surface area contributed by atoms with E-state index in [-0.39, 0.29) is 6.61 Å². The zero-order valence-corrected chi connectivity index (χ0v) is 17.4. The van der Waals surface area contributed by atoms with E-state index in [0.717, 1.165) is 0 Å². The molecule has 0 radical (unpaired) electrons. The van der Waals surface area contributed by atoms with Gasteiger partial charge in [-0.25, -0.2) is 0 Å². The summed E-state index contributed by atoms with van der Waals surface area (Å²) in [5.41, 5.74) is 2.97. The molecule has 1 N–H and O–H groups in total. The van der Waals surface area contributed by atoms with E-state index in [4.69, 9.17) is 69.6 Å². The molecule has 3 aromatic rings. The minimum Gasteiger partial charge on any atom is -0.392 e. The number of rotatable bonds is 3. The fraction of sp³-hybridized carbons (Fsp3) is 0.0556. The monoisotopic (exact) mass is 465 g/mol. The van der Waals surface area contributed by atoms with Crippen LogP contribution in [0, 0.1) is 0 Å². The van der Waals surface area contributed by atoms with E-state index < -0.39 is 0 Å². The molecule has 134 valence electrons. The SMILES string of the molecule is OCc1c(-c2cc(Cl)c(Cl)cc2Cl)cncc1-c1cc(Cl)c(Cl)cc1Cl. The normalized spacial score (nSPS) is 11.0. The van der Waals surface area contributed by atoms with Crippen molar-refractivity contribution in [3.8, 4) is 22.3 Å². The number of hydrogen-bond donors (Lipinski definition) is 1. The second-order valence-electron chi connectivity index (χ2n) is 5.36. The molecule has 0 saturated carbocycles. The second-order valence-corrected chi connectivity index (χ2v) is 7.81. The quantitative estimate of drug-likeness (QED) is 0.398. The summed E-state index contributed by atoms with van der Waals surface area (Å²) in [6.07, 6.45) is 3.18. The Kier molecular flexibility index (Phi) is 6.25. The van der Waals surface area contributed by atoms with Crippen LogP contribution in [0.3, 0.4) is 0 Å². The van der Waals surface area contributed by atoms with Crippen LogP contribution in [0.15, 0.2) is 36.7 Å². The molecular weight excluding hydrogens is 459 g/mol. The number of halogens is 6. The summed E-state index contributed by atoms with van der Waals surface area (Å²) >= 11 is 36.9. The largest absolute Gasteiger partial charge is 0.392 e. The van der Waals surface area contributed by atoms with Crippen molar-refractivity contribution in [1.29, 1.82) is 0 Å². The summed E-state index contributed by atoms with van der Waals surface area (Å²) in [7, 11) is 0. The van der Waals surface area contributed by atoms with Gasteiger partial charge in [0.2, 0.25) is 0 Å². The van der Waals surface area contributed by atoms with Crippen molar-refractivity contribution in [1.82, 2.24) is 4.98 Å². The first-order valence-corrected chi connectivity index (χ1v) is 9.47. The Balaban J connectivity index is 2.28. The molecule has 8 heteroatoms. The number of aliphatic hydroxyl groups is 1. The number of aliphatic hydroxyl groups excluding tert-OH is 1. The van der Waals surface area contributed by atoms with Crippen LogP contribution in [0.4, 0.5) is 0 Å². The zero-order chi connectivity index (χ0) is 19.0. The molecular formula is C18H9Cl6NO. The highest BCUT2D eigenvalue weighted by atomic mass is 35.5. The van der Waals surface area contributed by atoms with Crippen molar-refractivity contribution in [2.75, 3.05) is 0 Å². The van der Waals surface area contributed by atoms with Crippen LogP contribution in [0.1, 0.15) is 5.56 Å². The average Bonchev–Trinajstić information content (AvgIpc) is 2.60. The summed E-state index contributed by atoms with van der Waals surface area (Å²) in [4.78, 5) is 4.25. The number of hydrogen-bond acceptors (Lipinski definition) is 2. The van der Waals surface area contributed by atoms with Crippen LogP contribution in [-0.4, -0.2) is 10.1 Å². The molecule has 1 aromatic heterocycles. The molecule has 2 nitrogen and oxygen atoms in total. The fourth-order valence-electron chi connectivity index (χ4n) is 2.58. The maximum absolute atomic E-state index is 10.0. The van der Waals surface area contributed by atoms with Gasteiger partial charge in [0, 0.05) is 34.6 Å². The third-order valence-electron chi connectivity index (χ3n) is 3.82. The zero-order valence-electron chi connectivity index (χ0n) is 12.8. The summed E-state index contributed by atoms with van der Waals surface area (Å²) in [6.45, 7) is -0.277. The first-order chi connectivity index (χ1) is 12.3. The predicted molar refractivity (Wildman–Crippen MR) is 111 cm³/mol. The van der Waals surface area contributed by atoms with E-state index in [9.17, 15) is 5.11 Å². The maximum atomic E-state index is 10.0. The lowest BCUT2D eigenvalue weighted by Crippen LogP contribution is -1.97. The molecule has 0 bridgehead atoms. The van der Waals surface area contributed by atoms with Crippen molar-refractivity contribution in [3.63, 3.8) is 0 Å². The van der Waals surface area contributed by atoms with Gasteiger partial charge < -0.3 is 5.11 Å². The third-order valence-corrected chi connectivity index (χ3v) is 5.89. The lowest BCUT2D eigenvalue weighted by Gasteiger charge is -2.16. The Morgan fingerprint density at radius 3 is 1.35 bits per heavy atom. The molecule has 26 heavy (non-hydrogen) atoms. The minimum absolute atomic E-state index is 0.277. The molecule has 0 spiro atoms. The average molecular weight is 468 g/mol. The molecule has 0 aliphatic heterocycles. The summed E-state index contributed by atoms with van der Waals surface area (Å²) in [6, 6.07) is 6.34. The molecule has 0 aliphatic carbocycles. The maximum Gasteiger partial charge on any atom is 0.0695 e. The van der Waals surface area contributed by atoms with Gasteiger partial charge in [-0.1, -0.05) is 69.6 Å². The molecule has 0 saturated heterocycles. The molecule has 0 unspecified atom stereocenters. The van der Waals surface area contributed by atoms with Crippen LogP contribution in [-0.2, 0) is 6.61 Å². The van der Waals surface area contributed by atoms with Gasteiger partial charge in [-0.3, -0.25) is 4.98 Å². The molecule has 0 aliphatic rings. The van der Waals surface area contributed by atoms with Crippen LogP contribution in [0.25, 0.3) is 22.3 Å². The number of nitrogens with zero attached hydrogens (tertiary/aromatic N) is 1. The first kappa shape index (κ1) is 20.0. The number of benzene rings is 2. The summed E-state index contributed by atoms with van der Waals surface area (Å²) in [5, 5.41) is 12.1. The molecule has 0 fully saturated rings.